The number of hydrogen-bond acceptors (Lipinski definition) is 15. The Balaban J connectivity index is 5.25. The molecule has 0 saturated heterocycles. The van der Waals surface area contributed by atoms with Crippen LogP contribution in [0.2, 0.25) is 0 Å². The van der Waals surface area contributed by atoms with Crippen LogP contribution >= 0.6 is 15.6 Å². The van der Waals surface area contributed by atoms with Gasteiger partial charge in [-0.25, -0.2) is 9.13 Å². The zero-order valence-corrected chi connectivity index (χ0v) is 59.1. The predicted molar refractivity (Wildman–Crippen MR) is 354 cm³/mol. The number of esters is 4. The minimum Gasteiger partial charge on any atom is -0.462 e. The number of phosphoric acid groups is 2. The van der Waals surface area contributed by atoms with Crippen molar-refractivity contribution in [3.63, 3.8) is 0 Å². The van der Waals surface area contributed by atoms with E-state index in [4.69, 9.17) is 37.0 Å². The summed E-state index contributed by atoms with van der Waals surface area (Å²) in [7, 11) is -9.90. The van der Waals surface area contributed by atoms with Gasteiger partial charge in [-0.1, -0.05) is 287 Å². The normalized spacial score (nSPS) is 14.6. The van der Waals surface area contributed by atoms with Crippen molar-refractivity contribution >= 4 is 39.5 Å². The van der Waals surface area contributed by atoms with Crippen molar-refractivity contribution in [2.75, 3.05) is 39.6 Å². The second-order valence-corrected chi connectivity index (χ2v) is 29.5. The summed E-state index contributed by atoms with van der Waals surface area (Å²) in [6.07, 6.45) is 40.4. The largest absolute Gasteiger partial charge is 0.472 e. The van der Waals surface area contributed by atoms with E-state index in [0.29, 0.717) is 25.7 Å². The van der Waals surface area contributed by atoms with Crippen molar-refractivity contribution in [3.05, 3.63) is 0 Å². The van der Waals surface area contributed by atoms with E-state index < -0.39 is 97.5 Å². The summed E-state index contributed by atoms with van der Waals surface area (Å²) in [6, 6.07) is 0. The molecule has 0 aromatic rings. The lowest BCUT2D eigenvalue weighted by Gasteiger charge is -2.21. The first-order valence-electron chi connectivity index (χ1n) is 35.7. The highest BCUT2D eigenvalue weighted by Crippen LogP contribution is 2.45. The van der Waals surface area contributed by atoms with Gasteiger partial charge in [-0.05, 0) is 49.4 Å². The van der Waals surface area contributed by atoms with E-state index in [1.807, 2.05) is 0 Å². The van der Waals surface area contributed by atoms with Gasteiger partial charge >= 0.3 is 39.5 Å². The summed E-state index contributed by atoms with van der Waals surface area (Å²) in [4.78, 5) is 72.5. The summed E-state index contributed by atoms with van der Waals surface area (Å²) in [5.41, 5.74) is 0. The molecular formula is C69H134O17P2. The van der Waals surface area contributed by atoms with Gasteiger partial charge in [-0.15, -0.1) is 0 Å². The van der Waals surface area contributed by atoms with Gasteiger partial charge in [0.1, 0.15) is 19.3 Å². The van der Waals surface area contributed by atoms with E-state index in [2.05, 4.69) is 55.4 Å². The van der Waals surface area contributed by atoms with Gasteiger partial charge in [0.15, 0.2) is 12.2 Å². The molecule has 0 spiro atoms. The number of hydrogen-bond donors (Lipinski definition) is 3. The smallest absolute Gasteiger partial charge is 0.462 e. The van der Waals surface area contributed by atoms with E-state index in [0.717, 1.165) is 114 Å². The van der Waals surface area contributed by atoms with Crippen molar-refractivity contribution in [2.24, 2.45) is 23.7 Å². The lowest BCUT2D eigenvalue weighted by molar-refractivity contribution is -0.161. The number of aliphatic hydroxyl groups is 1. The van der Waals surface area contributed by atoms with Gasteiger partial charge < -0.3 is 33.8 Å². The first kappa shape index (κ1) is 86.1. The fourth-order valence-electron chi connectivity index (χ4n) is 10.3. The second kappa shape index (κ2) is 58.8. The van der Waals surface area contributed by atoms with Gasteiger partial charge in [0.2, 0.25) is 0 Å². The minimum atomic E-state index is -4.95. The van der Waals surface area contributed by atoms with Crippen LogP contribution in [-0.4, -0.2) is 96.7 Å². The van der Waals surface area contributed by atoms with Gasteiger partial charge in [0.25, 0.3) is 0 Å². The van der Waals surface area contributed by atoms with E-state index in [1.54, 1.807) is 0 Å². The molecule has 3 N–H and O–H groups in total. The summed E-state index contributed by atoms with van der Waals surface area (Å²) >= 11 is 0. The standard InChI is InChI=1S/C69H134O17P2/c1-9-62(8)48-40-32-27-28-36-44-52-69(74)86-65(56-80-67(72)50-42-34-25-20-19-23-31-39-47-61(6)7)58-84-88(77,78)82-54-63(70)53-81-87(75,76)83-57-64(85-68(73)51-43-35-26-18-14-16-22-30-38-46-60(4)5)55-79-66(71)49-41-33-24-17-13-11-10-12-15-21-29-37-45-59(2)3/h59-65,70H,9-58H2,1-8H3,(H,75,76)(H,77,78)/t62?,63?,64-,65-/m1/s1. The molecule has 0 radical (unpaired) electrons. The molecule has 6 atom stereocenters. The monoisotopic (exact) mass is 1300 g/mol. The zero-order valence-electron chi connectivity index (χ0n) is 57.3. The molecular weight excluding hydrogens is 1160 g/mol. The van der Waals surface area contributed by atoms with Crippen molar-refractivity contribution < 1.29 is 80.2 Å². The minimum absolute atomic E-state index is 0.102. The molecule has 0 rings (SSSR count). The number of unbranched alkanes of at least 4 members (excludes halogenated alkanes) is 31. The molecule has 0 amide bonds. The SMILES string of the molecule is CCC(C)CCCCCCCCC(=O)O[C@H](COC(=O)CCCCCCCCCCC(C)C)COP(=O)(O)OCC(O)COP(=O)(O)OC[C@@H](COC(=O)CCCCCCCCCCCCCCC(C)C)OC(=O)CCCCCCCCCCCC(C)C. The quantitative estimate of drug-likeness (QED) is 0.0222. The first-order chi connectivity index (χ1) is 42.1. The van der Waals surface area contributed by atoms with Crippen LogP contribution in [0, 0.1) is 23.7 Å². The van der Waals surface area contributed by atoms with Crippen LogP contribution in [0.25, 0.3) is 0 Å². The lowest BCUT2D eigenvalue weighted by Crippen LogP contribution is -2.30. The van der Waals surface area contributed by atoms with Crippen molar-refractivity contribution in [1.82, 2.24) is 0 Å². The Morgan fingerprint density at radius 1 is 0.318 bits per heavy atom. The van der Waals surface area contributed by atoms with Crippen LogP contribution in [0.1, 0.15) is 338 Å². The number of ether oxygens (including phenoxy) is 4. The molecule has 0 aliphatic heterocycles. The number of rotatable bonds is 66. The Bertz CT molecular complexity index is 1750. The van der Waals surface area contributed by atoms with E-state index >= 15 is 0 Å². The Hall–Kier alpha value is -1.94. The maximum absolute atomic E-state index is 13.0. The highest BCUT2D eigenvalue weighted by molar-refractivity contribution is 7.47. The molecule has 19 heteroatoms. The third-order valence-corrected chi connectivity index (χ3v) is 18.1. The Labute approximate surface area is 537 Å². The molecule has 0 aliphatic carbocycles. The number of phosphoric ester groups is 2. The number of carbonyl (C=O) groups excluding carboxylic acids is 4. The molecule has 0 aromatic heterocycles. The molecule has 522 valence electrons. The van der Waals surface area contributed by atoms with Crippen LogP contribution in [0.15, 0.2) is 0 Å². The zero-order chi connectivity index (χ0) is 65.4. The fourth-order valence-corrected chi connectivity index (χ4v) is 11.9. The predicted octanol–water partition coefficient (Wildman–Crippen LogP) is 19.3. The molecule has 0 fully saturated rings. The van der Waals surface area contributed by atoms with Gasteiger partial charge in [0, 0.05) is 25.7 Å². The molecule has 17 nitrogen and oxygen atoms in total. The van der Waals surface area contributed by atoms with Crippen LogP contribution in [0.3, 0.4) is 0 Å². The Morgan fingerprint density at radius 3 is 0.807 bits per heavy atom. The van der Waals surface area contributed by atoms with E-state index in [9.17, 15) is 43.2 Å². The first-order valence-corrected chi connectivity index (χ1v) is 38.7. The van der Waals surface area contributed by atoms with E-state index in [1.165, 1.54) is 141 Å². The van der Waals surface area contributed by atoms with Crippen molar-refractivity contribution in [2.45, 2.75) is 356 Å². The van der Waals surface area contributed by atoms with Gasteiger partial charge in [0.05, 0.1) is 26.4 Å². The van der Waals surface area contributed by atoms with Crippen molar-refractivity contribution in [3.8, 4) is 0 Å². The topological polar surface area (TPSA) is 237 Å². The van der Waals surface area contributed by atoms with Gasteiger partial charge in [-0.2, -0.15) is 0 Å². The fraction of sp³-hybridized carbons (Fsp3) is 0.942. The Kier molecular flexibility index (Phi) is 57.6. The van der Waals surface area contributed by atoms with Gasteiger partial charge in [-0.3, -0.25) is 37.3 Å². The maximum atomic E-state index is 13.0. The van der Waals surface area contributed by atoms with Crippen molar-refractivity contribution in [1.29, 1.82) is 0 Å². The second-order valence-electron chi connectivity index (χ2n) is 26.6. The summed E-state index contributed by atoms with van der Waals surface area (Å²) in [5.74, 6) is 0.831. The summed E-state index contributed by atoms with van der Waals surface area (Å²) in [5, 5.41) is 10.6. The molecule has 0 aromatic carbocycles. The van der Waals surface area contributed by atoms with E-state index in [-0.39, 0.29) is 25.7 Å². The maximum Gasteiger partial charge on any atom is 0.472 e. The third-order valence-electron chi connectivity index (χ3n) is 16.2. The Morgan fingerprint density at radius 2 is 0.545 bits per heavy atom. The lowest BCUT2D eigenvalue weighted by atomic mass is 10.00. The molecule has 0 bridgehead atoms. The highest BCUT2D eigenvalue weighted by Gasteiger charge is 2.30. The molecule has 0 saturated carbocycles. The van der Waals surface area contributed by atoms with Crippen LogP contribution in [0.4, 0.5) is 0 Å². The molecule has 88 heavy (non-hydrogen) atoms. The molecule has 4 unspecified atom stereocenters. The summed E-state index contributed by atoms with van der Waals surface area (Å²) < 4.78 is 68.2. The molecule has 0 heterocycles. The third kappa shape index (κ3) is 61.6. The summed E-state index contributed by atoms with van der Waals surface area (Å²) in [6.45, 7) is 14.0. The van der Waals surface area contributed by atoms with Crippen LogP contribution in [-0.2, 0) is 65.4 Å². The van der Waals surface area contributed by atoms with Crippen LogP contribution in [0.5, 0.6) is 0 Å². The van der Waals surface area contributed by atoms with Crippen LogP contribution < -0.4 is 0 Å². The average Bonchev–Trinajstić information content (AvgIpc) is 3.64. The molecule has 0 aliphatic rings. The average molecular weight is 1300 g/mol. The number of aliphatic hydroxyl groups excluding tert-OH is 1. The highest BCUT2D eigenvalue weighted by atomic mass is 31.2. The number of carbonyl (C=O) groups is 4.